The second-order valence-corrected chi connectivity index (χ2v) is 8.48. The molecule has 0 radical (unpaired) electrons. The normalized spacial score (nSPS) is 23.3. The van der Waals surface area contributed by atoms with Gasteiger partial charge in [0.15, 0.2) is 0 Å². The fraction of sp³-hybridized carbons (Fsp3) is 0.333. The number of piperidine rings is 1. The molecule has 1 aromatic carbocycles. The first-order chi connectivity index (χ1) is 15.0. The summed E-state index contributed by atoms with van der Waals surface area (Å²) in [4.78, 5) is 31.6. The minimum atomic E-state index is -0.491. The Hall–Kier alpha value is -3.66. The molecular formula is C24H23N5O2. The van der Waals surface area contributed by atoms with Gasteiger partial charge in [0.25, 0.3) is 11.8 Å². The van der Waals surface area contributed by atoms with Crippen LogP contribution in [0, 0.1) is 11.3 Å². The lowest BCUT2D eigenvalue weighted by atomic mass is 9.95. The second-order valence-electron chi connectivity index (χ2n) is 8.48. The number of hydrogen-bond acceptors (Lipinski definition) is 5. The predicted octanol–water partition coefficient (Wildman–Crippen LogP) is 2.87. The molecule has 0 spiro atoms. The fourth-order valence-electron chi connectivity index (χ4n) is 5.21. The van der Waals surface area contributed by atoms with Gasteiger partial charge < -0.3 is 16.0 Å². The maximum absolute atomic E-state index is 13.2. The van der Waals surface area contributed by atoms with Gasteiger partial charge >= 0.3 is 0 Å². The fourth-order valence-corrected chi connectivity index (χ4v) is 5.21. The highest BCUT2D eigenvalue weighted by Gasteiger charge is 2.43. The molecule has 3 N–H and O–H groups in total. The number of carbonyl (C=O) groups is 2. The van der Waals surface area contributed by atoms with Crippen molar-refractivity contribution in [2.24, 2.45) is 5.73 Å². The first-order valence-corrected chi connectivity index (χ1v) is 10.6. The summed E-state index contributed by atoms with van der Waals surface area (Å²) in [7, 11) is 0. The monoisotopic (exact) mass is 413 g/mol. The van der Waals surface area contributed by atoms with Crippen molar-refractivity contribution in [3.05, 3.63) is 64.5 Å². The molecule has 2 saturated heterocycles. The Morgan fingerprint density at radius 1 is 1.16 bits per heavy atom. The molecule has 0 saturated carbocycles. The summed E-state index contributed by atoms with van der Waals surface area (Å²) >= 11 is 0. The van der Waals surface area contributed by atoms with E-state index in [4.69, 9.17) is 11.0 Å². The van der Waals surface area contributed by atoms with Gasteiger partial charge in [-0.1, -0.05) is 12.2 Å². The van der Waals surface area contributed by atoms with E-state index >= 15 is 0 Å². The smallest absolute Gasteiger partial charge is 0.254 e. The van der Waals surface area contributed by atoms with E-state index in [1.54, 1.807) is 30.5 Å². The highest BCUT2D eigenvalue weighted by Crippen LogP contribution is 2.39. The third kappa shape index (κ3) is 3.34. The van der Waals surface area contributed by atoms with Crippen molar-refractivity contribution in [1.82, 2.24) is 9.88 Å². The third-order valence-electron chi connectivity index (χ3n) is 6.64. The molecule has 5 rings (SSSR count). The molecule has 1 aliphatic carbocycles. The average Bonchev–Trinajstić information content (AvgIpc) is 3.36. The summed E-state index contributed by atoms with van der Waals surface area (Å²) in [6.45, 7) is 0. The van der Waals surface area contributed by atoms with Gasteiger partial charge in [-0.05, 0) is 49.9 Å². The first-order valence-electron chi connectivity index (χ1n) is 10.6. The van der Waals surface area contributed by atoms with E-state index in [1.807, 2.05) is 17.1 Å². The van der Waals surface area contributed by atoms with E-state index in [1.165, 1.54) is 0 Å². The van der Waals surface area contributed by atoms with Crippen molar-refractivity contribution in [3.8, 4) is 6.07 Å². The predicted molar refractivity (Wildman–Crippen MR) is 116 cm³/mol. The quantitative estimate of drug-likeness (QED) is 0.800. The lowest BCUT2D eigenvalue weighted by molar-refractivity contribution is 0.0583. The SMILES string of the molecule is N#Cc1ccc(C(=O)N2[C@H]3CC[C@H]2CC(Nc2c(C(N)=O)cnc4c2C=CC4)C3)cc1. The number of nitrogens with zero attached hydrogens (tertiary/aromatic N) is 3. The van der Waals surface area contributed by atoms with Crippen LogP contribution < -0.4 is 11.1 Å². The molecule has 2 aromatic rings. The van der Waals surface area contributed by atoms with Crippen LogP contribution in [-0.4, -0.2) is 39.8 Å². The van der Waals surface area contributed by atoms with Gasteiger partial charge in [-0.25, -0.2) is 0 Å². The summed E-state index contributed by atoms with van der Waals surface area (Å²) in [5.41, 5.74) is 9.85. The van der Waals surface area contributed by atoms with Crippen LogP contribution in [0.15, 0.2) is 36.5 Å². The van der Waals surface area contributed by atoms with Crippen molar-refractivity contribution in [1.29, 1.82) is 5.26 Å². The van der Waals surface area contributed by atoms with Crippen LogP contribution in [-0.2, 0) is 6.42 Å². The zero-order valence-corrected chi connectivity index (χ0v) is 17.0. The standard InChI is InChI=1S/C24H23N5O2/c25-12-14-4-6-15(7-5-14)24(31)29-17-8-9-18(29)11-16(10-17)28-22-19-2-1-3-21(19)27-13-20(22)23(26)30/h1-2,4-7,13,16-18H,3,8-11H2,(H2,26,30)(H,27,28)/t17-,18-/m0/s1. The number of anilines is 1. The highest BCUT2D eigenvalue weighted by atomic mass is 16.2. The van der Waals surface area contributed by atoms with Crippen LogP contribution in [0.25, 0.3) is 6.08 Å². The minimum Gasteiger partial charge on any atom is -0.381 e. The zero-order chi connectivity index (χ0) is 21.5. The molecule has 1 aromatic heterocycles. The second kappa shape index (κ2) is 7.55. The molecular weight excluding hydrogens is 390 g/mol. The Morgan fingerprint density at radius 2 is 1.87 bits per heavy atom. The van der Waals surface area contributed by atoms with Gasteiger partial charge in [0.1, 0.15) is 0 Å². The molecule has 2 atom stereocenters. The van der Waals surface area contributed by atoms with E-state index in [0.29, 0.717) is 16.7 Å². The Balaban J connectivity index is 1.36. The molecule has 2 bridgehead atoms. The van der Waals surface area contributed by atoms with Gasteiger partial charge in [0, 0.05) is 41.9 Å². The summed E-state index contributed by atoms with van der Waals surface area (Å²) < 4.78 is 0. The van der Waals surface area contributed by atoms with Gasteiger partial charge in [-0.15, -0.1) is 0 Å². The average molecular weight is 413 g/mol. The van der Waals surface area contributed by atoms with Crippen LogP contribution in [0.3, 0.4) is 0 Å². The number of pyridine rings is 1. The van der Waals surface area contributed by atoms with E-state index in [0.717, 1.165) is 49.0 Å². The van der Waals surface area contributed by atoms with Gasteiger partial charge in [0.05, 0.1) is 28.6 Å². The lowest BCUT2D eigenvalue weighted by Crippen LogP contribution is -2.49. The van der Waals surface area contributed by atoms with E-state index < -0.39 is 5.91 Å². The molecule has 2 amide bonds. The molecule has 3 aliphatic rings. The molecule has 2 aliphatic heterocycles. The maximum atomic E-state index is 13.2. The largest absolute Gasteiger partial charge is 0.381 e. The number of amides is 2. The lowest BCUT2D eigenvalue weighted by Gasteiger charge is -2.40. The number of aromatic nitrogens is 1. The summed E-state index contributed by atoms with van der Waals surface area (Å²) in [6.07, 6.45) is 9.94. The number of carbonyl (C=O) groups excluding carboxylic acids is 2. The number of hydrogen-bond donors (Lipinski definition) is 2. The van der Waals surface area contributed by atoms with Gasteiger partial charge in [-0.3, -0.25) is 14.6 Å². The van der Waals surface area contributed by atoms with Crippen molar-refractivity contribution in [2.45, 2.75) is 50.2 Å². The molecule has 7 nitrogen and oxygen atoms in total. The van der Waals surface area contributed by atoms with Crippen LogP contribution in [0.1, 0.15) is 63.2 Å². The number of nitrogens with one attached hydrogen (secondary N) is 1. The highest BCUT2D eigenvalue weighted by molar-refractivity contribution is 6.00. The summed E-state index contributed by atoms with van der Waals surface area (Å²) in [5, 5.41) is 12.6. The van der Waals surface area contributed by atoms with Gasteiger partial charge in [0.2, 0.25) is 0 Å². The Morgan fingerprint density at radius 3 is 2.52 bits per heavy atom. The van der Waals surface area contributed by atoms with E-state index in [2.05, 4.69) is 16.4 Å². The van der Waals surface area contributed by atoms with E-state index in [9.17, 15) is 9.59 Å². The molecule has 156 valence electrons. The molecule has 7 heteroatoms. The zero-order valence-electron chi connectivity index (χ0n) is 17.0. The Kier molecular flexibility index (Phi) is 4.70. The van der Waals surface area contributed by atoms with Crippen LogP contribution in [0.5, 0.6) is 0 Å². The number of allylic oxidation sites excluding steroid dienone is 1. The summed E-state index contributed by atoms with van der Waals surface area (Å²) in [6, 6.07) is 9.39. The van der Waals surface area contributed by atoms with Crippen molar-refractivity contribution >= 4 is 23.6 Å². The number of benzene rings is 1. The van der Waals surface area contributed by atoms with Crippen LogP contribution >= 0.6 is 0 Å². The molecule has 2 fully saturated rings. The number of primary amides is 1. The first kappa shape index (κ1) is 19.3. The molecule has 31 heavy (non-hydrogen) atoms. The topological polar surface area (TPSA) is 112 Å². The maximum Gasteiger partial charge on any atom is 0.254 e. The van der Waals surface area contributed by atoms with E-state index in [-0.39, 0.29) is 24.0 Å². The Bertz CT molecular complexity index is 1120. The van der Waals surface area contributed by atoms with Crippen molar-refractivity contribution in [3.63, 3.8) is 0 Å². The third-order valence-corrected chi connectivity index (χ3v) is 6.64. The van der Waals surface area contributed by atoms with Crippen molar-refractivity contribution in [2.75, 3.05) is 5.32 Å². The number of fused-ring (bicyclic) bond motifs is 3. The molecule has 0 unspecified atom stereocenters. The summed E-state index contributed by atoms with van der Waals surface area (Å²) in [5.74, 6) is -0.462. The minimum absolute atomic E-state index is 0.0287. The van der Waals surface area contributed by atoms with Crippen LogP contribution in [0.4, 0.5) is 5.69 Å². The molecule has 3 heterocycles. The number of rotatable bonds is 4. The Labute approximate surface area is 180 Å². The number of nitrogens with two attached hydrogens (primary N) is 1. The number of nitriles is 1. The van der Waals surface area contributed by atoms with Gasteiger partial charge in [-0.2, -0.15) is 5.26 Å². The van der Waals surface area contributed by atoms with Crippen molar-refractivity contribution < 1.29 is 9.59 Å². The van der Waals surface area contributed by atoms with Crippen LogP contribution in [0.2, 0.25) is 0 Å².